The van der Waals surface area contributed by atoms with E-state index in [1.807, 2.05) is 13.8 Å². The number of hydrogen-bond acceptors (Lipinski definition) is 5. The number of hydrogen-bond donors (Lipinski definition) is 1. The molecule has 8 heteroatoms. The maximum absolute atomic E-state index is 12.7. The van der Waals surface area contributed by atoms with E-state index < -0.39 is 16.0 Å². The molecule has 150 valence electrons. The van der Waals surface area contributed by atoms with Gasteiger partial charge in [-0.15, -0.1) is 0 Å². The van der Waals surface area contributed by atoms with Crippen LogP contribution in [0.4, 0.5) is 0 Å². The van der Waals surface area contributed by atoms with E-state index in [1.165, 1.54) is 28.6 Å². The van der Waals surface area contributed by atoms with Crippen molar-refractivity contribution in [2.75, 3.05) is 19.7 Å². The number of rotatable bonds is 7. The lowest BCUT2D eigenvalue weighted by Crippen LogP contribution is -2.35. The van der Waals surface area contributed by atoms with Crippen molar-refractivity contribution in [3.8, 4) is 0 Å². The molecule has 0 aliphatic carbocycles. The first-order valence-electron chi connectivity index (χ1n) is 9.41. The van der Waals surface area contributed by atoms with Crippen LogP contribution in [0, 0.1) is 0 Å². The molecular formula is C19H28N2O5S. The summed E-state index contributed by atoms with van der Waals surface area (Å²) < 4.78 is 31.9. The van der Waals surface area contributed by atoms with Gasteiger partial charge < -0.3 is 10.1 Å². The standard InChI is InChI=1S/C19H28N2O5S/c1-3-15(2)20-18(22)14-26-19(23)16-8-10-17(11-9-16)27(24,25)21-12-6-4-5-7-13-21/h8-11,15H,3-7,12-14H2,1-2H3,(H,20,22)/t15-/m0/s1. The zero-order chi connectivity index (χ0) is 19.9. The van der Waals surface area contributed by atoms with Crippen LogP contribution in [0.3, 0.4) is 0 Å². The summed E-state index contributed by atoms with van der Waals surface area (Å²) in [6, 6.07) is 5.67. The smallest absolute Gasteiger partial charge is 0.338 e. The summed E-state index contributed by atoms with van der Waals surface area (Å²) in [4.78, 5) is 23.9. The third-order valence-corrected chi connectivity index (χ3v) is 6.56. The van der Waals surface area contributed by atoms with Crippen molar-refractivity contribution in [2.24, 2.45) is 0 Å². The third kappa shape index (κ3) is 6.04. The Morgan fingerprint density at radius 2 is 1.70 bits per heavy atom. The average Bonchev–Trinajstić information content (AvgIpc) is 2.96. The van der Waals surface area contributed by atoms with E-state index in [2.05, 4.69) is 5.32 Å². The molecule has 0 unspecified atom stereocenters. The minimum atomic E-state index is -3.55. The number of carbonyl (C=O) groups is 2. The van der Waals surface area contributed by atoms with E-state index in [0.717, 1.165) is 32.1 Å². The van der Waals surface area contributed by atoms with Crippen molar-refractivity contribution in [2.45, 2.75) is 56.9 Å². The van der Waals surface area contributed by atoms with Gasteiger partial charge in [-0.1, -0.05) is 19.8 Å². The number of esters is 1. The quantitative estimate of drug-likeness (QED) is 0.714. The zero-order valence-corrected chi connectivity index (χ0v) is 16.8. The number of nitrogens with one attached hydrogen (secondary N) is 1. The molecule has 1 amide bonds. The molecule has 1 aromatic rings. The van der Waals surface area contributed by atoms with Crippen LogP contribution in [0.5, 0.6) is 0 Å². The van der Waals surface area contributed by atoms with E-state index in [0.29, 0.717) is 13.1 Å². The van der Waals surface area contributed by atoms with Gasteiger partial charge in [-0.3, -0.25) is 4.79 Å². The zero-order valence-electron chi connectivity index (χ0n) is 15.9. The summed E-state index contributed by atoms with van der Waals surface area (Å²) in [6.45, 7) is 4.49. The molecule has 27 heavy (non-hydrogen) atoms. The molecular weight excluding hydrogens is 368 g/mol. The molecule has 1 heterocycles. The summed E-state index contributed by atoms with van der Waals surface area (Å²) in [6.07, 6.45) is 4.60. The lowest BCUT2D eigenvalue weighted by Gasteiger charge is -2.20. The van der Waals surface area contributed by atoms with Gasteiger partial charge in [-0.05, 0) is 50.5 Å². The summed E-state index contributed by atoms with van der Waals surface area (Å²) in [5.41, 5.74) is 0.209. The topological polar surface area (TPSA) is 92.8 Å². The van der Waals surface area contributed by atoms with Gasteiger partial charge in [-0.25, -0.2) is 13.2 Å². The summed E-state index contributed by atoms with van der Waals surface area (Å²) in [5, 5.41) is 2.71. The predicted octanol–water partition coefficient (Wildman–Crippen LogP) is 2.32. The molecule has 1 fully saturated rings. The Morgan fingerprint density at radius 3 is 2.26 bits per heavy atom. The van der Waals surface area contributed by atoms with Crippen LogP contribution in [0.25, 0.3) is 0 Å². The molecule has 1 N–H and O–H groups in total. The molecule has 0 aromatic heterocycles. The Hall–Kier alpha value is -1.93. The lowest BCUT2D eigenvalue weighted by molar-refractivity contribution is -0.124. The maximum Gasteiger partial charge on any atom is 0.338 e. The first kappa shape index (κ1) is 21.4. The van der Waals surface area contributed by atoms with Crippen LogP contribution in [0.15, 0.2) is 29.2 Å². The second kappa shape index (κ2) is 9.85. The van der Waals surface area contributed by atoms with Crippen LogP contribution in [0.2, 0.25) is 0 Å². The van der Waals surface area contributed by atoms with Crippen molar-refractivity contribution in [3.63, 3.8) is 0 Å². The van der Waals surface area contributed by atoms with Crippen LogP contribution < -0.4 is 5.32 Å². The number of sulfonamides is 1. The van der Waals surface area contributed by atoms with E-state index in [9.17, 15) is 18.0 Å². The Balaban J connectivity index is 1.97. The SMILES string of the molecule is CC[C@H](C)NC(=O)COC(=O)c1ccc(S(=O)(=O)N2CCCCCC2)cc1. The van der Waals surface area contributed by atoms with Gasteiger partial charge in [0.1, 0.15) is 0 Å². The number of carbonyl (C=O) groups excluding carboxylic acids is 2. The van der Waals surface area contributed by atoms with Crippen molar-refractivity contribution in [1.82, 2.24) is 9.62 Å². The fourth-order valence-electron chi connectivity index (χ4n) is 2.83. The van der Waals surface area contributed by atoms with Crippen LogP contribution in [-0.2, 0) is 19.6 Å². The summed E-state index contributed by atoms with van der Waals surface area (Å²) >= 11 is 0. The fourth-order valence-corrected chi connectivity index (χ4v) is 4.34. The second-order valence-electron chi connectivity index (χ2n) is 6.80. The Morgan fingerprint density at radius 1 is 1.11 bits per heavy atom. The summed E-state index contributed by atoms with van der Waals surface area (Å²) in [7, 11) is -3.55. The highest BCUT2D eigenvalue weighted by Crippen LogP contribution is 2.20. The van der Waals surface area contributed by atoms with Crippen molar-refractivity contribution in [3.05, 3.63) is 29.8 Å². The van der Waals surface area contributed by atoms with Gasteiger partial charge in [0.2, 0.25) is 10.0 Å². The Bertz CT molecular complexity index is 738. The van der Waals surface area contributed by atoms with Crippen molar-refractivity contribution in [1.29, 1.82) is 0 Å². The third-order valence-electron chi connectivity index (χ3n) is 4.65. The monoisotopic (exact) mass is 396 g/mol. The number of ether oxygens (including phenoxy) is 1. The fraction of sp³-hybridized carbons (Fsp3) is 0.579. The maximum atomic E-state index is 12.7. The number of amides is 1. The van der Waals surface area contributed by atoms with Gasteiger partial charge in [0.25, 0.3) is 5.91 Å². The Labute approximate surface area is 161 Å². The largest absolute Gasteiger partial charge is 0.452 e. The Kier molecular flexibility index (Phi) is 7.79. The average molecular weight is 397 g/mol. The van der Waals surface area contributed by atoms with Gasteiger partial charge in [0, 0.05) is 19.1 Å². The molecule has 1 aliphatic heterocycles. The molecule has 7 nitrogen and oxygen atoms in total. The van der Waals surface area contributed by atoms with Gasteiger partial charge in [-0.2, -0.15) is 4.31 Å². The van der Waals surface area contributed by atoms with Gasteiger partial charge >= 0.3 is 5.97 Å². The minimum Gasteiger partial charge on any atom is -0.452 e. The second-order valence-corrected chi connectivity index (χ2v) is 8.73. The normalized spacial score (nSPS) is 17.0. The molecule has 1 aromatic carbocycles. The molecule has 0 bridgehead atoms. The highest BCUT2D eigenvalue weighted by molar-refractivity contribution is 7.89. The highest BCUT2D eigenvalue weighted by Gasteiger charge is 2.25. The van der Waals surface area contributed by atoms with Crippen LogP contribution >= 0.6 is 0 Å². The molecule has 0 radical (unpaired) electrons. The van der Waals surface area contributed by atoms with Crippen molar-refractivity contribution >= 4 is 21.9 Å². The molecule has 0 spiro atoms. The number of benzene rings is 1. The van der Waals surface area contributed by atoms with Crippen LogP contribution in [-0.4, -0.2) is 50.3 Å². The van der Waals surface area contributed by atoms with Crippen molar-refractivity contribution < 1.29 is 22.7 Å². The first-order valence-corrected chi connectivity index (χ1v) is 10.8. The molecule has 1 saturated heterocycles. The molecule has 1 atom stereocenters. The molecule has 2 rings (SSSR count). The van der Waals surface area contributed by atoms with Gasteiger partial charge in [0.15, 0.2) is 6.61 Å². The number of nitrogens with zero attached hydrogens (tertiary/aromatic N) is 1. The molecule has 0 saturated carbocycles. The van der Waals surface area contributed by atoms with E-state index >= 15 is 0 Å². The first-order chi connectivity index (χ1) is 12.8. The predicted molar refractivity (Wildman–Crippen MR) is 102 cm³/mol. The van der Waals surface area contributed by atoms with Gasteiger partial charge in [0.05, 0.1) is 10.5 Å². The highest BCUT2D eigenvalue weighted by atomic mass is 32.2. The lowest BCUT2D eigenvalue weighted by atomic mass is 10.2. The van der Waals surface area contributed by atoms with E-state index in [-0.39, 0.29) is 29.0 Å². The molecule has 1 aliphatic rings. The summed E-state index contributed by atoms with van der Waals surface area (Å²) in [5.74, 6) is -1.02. The van der Waals surface area contributed by atoms with E-state index in [4.69, 9.17) is 4.74 Å². The van der Waals surface area contributed by atoms with E-state index in [1.54, 1.807) is 0 Å². The van der Waals surface area contributed by atoms with Crippen LogP contribution in [0.1, 0.15) is 56.3 Å². The minimum absolute atomic E-state index is 0.0136.